The lowest BCUT2D eigenvalue weighted by Crippen LogP contribution is -2.43. The zero-order chi connectivity index (χ0) is 12.0. The number of nitrogens with two attached hydrogens (primary N) is 1. The first kappa shape index (κ1) is 13.4. The maximum atomic E-state index is 10.6. The molecule has 1 atom stereocenters. The van der Waals surface area contributed by atoms with Gasteiger partial charge in [-0.1, -0.05) is 0 Å². The number of carbonyl (C=O) groups is 3. The van der Waals surface area contributed by atoms with E-state index in [0.717, 1.165) is 0 Å². The van der Waals surface area contributed by atoms with Crippen LogP contribution in [0, 0.1) is 0 Å². The molecular weight excluding hydrogens is 204 g/mol. The summed E-state index contributed by atoms with van der Waals surface area (Å²) in [6.45, 7) is 0.859. The summed E-state index contributed by atoms with van der Waals surface area (Å²) in [5.41, 5.74) is 4.92. The Labute approximate surface area is 86.5 Å². The molecule has 0 aromatic heterocycles. The van der Waals surface area contributed by atoms with E-state index in [9.17, 15) is 14.4 Å². The molecule has 0 aromatic carbocycles. The van der Waals surface area contributed by atoms with Crippen LogP contribution in [-0.2, 0) is 14.4 Å². The number of carboxylic acids is 2. The smallest absolute Gasteiger partial charge is 0.317 e. The highest BCUT2D eigenvalue weighted by Gasteiger charge is 2.20. The predicted molar refractivity (Wildman–Crippen MR) is 50.1 cm³/mol. The van der Waals surface area contributed by atoms with Crippen LogP contribution in [0.3, 0.4) is 0 Å². The van der Waals surface area contributed by atoms with E-state index < -0.39 is 30.4 Å². The number of carbonyl (C=O) groups excluding carboxylic acids is 1. The van der Waals surface area contributed by atoms with Gasteiger partial charge in [-0.15, -0.1) is 0 Å². The second-order valence-electron chi connectivity index (χ2n) is 3.21. The summed E-state index contributed by atoms with van der Waals surface area (Å²) in [6, 6.07) is -0.550. The number of aliphatic carboxylic acids is 2. The summed E-state index contributed by atoms with van der Waals surface area (Å²) in [7, 11) is 0. The lowest BCUT2D eigenvalue weighted by molar-refractivity contribution is -0.143. The fourth-order valence-corrected chi connectivity index (χ4v) is 1.12. The number of nitrogens with zero attached hydrogens (tertiary/aromatic N) is 1. The molecule has 0 fully saturated rings. The highest BCUT2D eigenvalue weighted by Crippen LogP contribution is 2.03. The topological polar surface area (TPSA) is 121 Å². The van der Waals surface area contributed by atoms with Gasteiger partial charge >= 0.3 is 11.9 Å². The second-order valence-corrected chi connectivity index (χ2v) is 3.21. The van der Waals surface area contributed by atoms with Crippen molar-refractivity contribution in [2.24, 2.45) is 5.73 Å². The molecule has 0 aliphatic heterocycles. The third-order valence-corrected chi connectivity index (χ3v) is 1.79. The molecule has 4 N–H and O–H groups in total. The van der Waals surface area contributed by atoms with Gasteiger partial charge in [-0.25, -0.2) is 0 Å². The Kier molecular flexibility index (Phi) is 5.32. The summed E-state index contributed by atoms with van der Waals surface area (Å²) in [5, 5.41) is 17.0. The minimum Gasteiger partial charge on any atom is -0.481 e. The standard InChI is InChI=1S/C8H14N2O5/c1-5(2-7(12)13)10(3-6(9)11)4-8(14)15/h5H,2-4H2,1H3,(H2,9,11)(H,12,13)(H,14,15)/t5-/m0/s1. The van der Waals surface area contributed by atoms with Gasteiger partial charge in [0.05, 0.1) is 19.5 Å². The zero-order valence-corrected chi connectivity index (χ0v) is 8.34. The van der Waals surface area contributed by atoms with Crippen molar-refractivity contribution in [2.45, 2.75) is 19.4 Å². The highest BCUT2D eigenvalue weighted by atomic mass is 16.4. The lowest BCUT2D eigenvalue weighted by Gasteiger charge is -2.24. The van der Waals surface area contributed by atoms with E-state index in [4.69, 9.17) is 15.9 Å². The Balaban J connectivity index is 4.38. The van der Waals surface area contributed by atoms with Crippen molar-refractivity contribution in [3.05, 3.63) is 0 Å². The monoisotopic (exact) mass is 218 g/mol. The number of carboxylic acid groups (broad SMARTS) is 2. The van der Waals surface area contributed by atoms with Crippen molar-refractivity contribution in [1.82, 2.24) is 4.90 Å². The first-order valence-electron chi connectivity index (χ1n) is 4.29. The minimum atomic E-state index is -1.13. The van der Waals surface area contributed by atoms with Gasteiger partial charge < -0.3 is 15.9 Å². The molecule has 7 nitrogen and oxygen atoms in total. The van der Waals surface area contributed by atoms with Crippen LogP contribution >= 0.6 is 0 Å². The molecule has 86 valence electrons. The maximum Gasteiger partial charge on any atom is 0.317 e. The van der Waals surface area contributed by atoms with E-state index in [1.165, 1.54) is 11.8 Å². The lowest BCUT2D eigenvalue weighted by atomic mass is 10.2. The number of rotatable bonds is 7. The number of hydrogen-bond donors (Lipinski definition) is 3. The van der Waals surface area contributed by atoms with Gasteiger partial charge in [-0.2, -0.15) is 0 Å². The number of amides is 1. The molecule has 0 rings (SSSR count). The Hall–Kier alpha value is -1.63. The normalized spacial score (nSPS) is 12.4. The third kappa shape index (κ3) is 6.44. The van der Waals surface area contributed by atoms with Gasteiger partial charge in [0.2, 0.25) is 5.91 Å². The summed E-state index contributed by atoms with van der Waals surface area (Å²) in [6.07, 6.45) is -0.236. The summed E-state index contributed by atoms with van der Waals surface area (Å²) >= 11 is 0. The van der Waals surface area contributed by atoms with E-state index in [-0.39, 0.29) is 13.0 Å². The molecule has 1 amide bonds. The van der Waals surface area contributed by atoms with Crippen LogP contribution in [0.5, 0.6) is 0 Å². The second kappa shape index (κ2) is 5.97. The molecule has 0 unspecified atom stereocenters. The van der Waals surface area contributed by atoms with Crippen molar-refractivity contribution >= 4 is 17.8 Å². The van der Waals surface area contributed by atoms with Crippen LogP contribution in [0.25, 0.3) is 0 Å². The van der Waals surface area contributed by atoms with Crippen molar-refractivity contribution in [2.75, 3.05) is 13.1 Å². The van der Waals surface area contributed by atoms with Crippen LogP contribution in [0.4, 0.5) is 0 Å². The summed E-state index contributed by atoms with van der Waals surface area (Å²) in [5.74, 6) is -2.87. The SMILES string of the molecule is C[C@@H](CC(=O)O)N(CC(N)=O)CC(=O)O. The zero-order valence-electron chi connectivity index (χ0n) is 8.34. The van der Waals surface area contributed by atoms with E-state index in [0.29, 0.717) is 0 Å². The maximum absolute atomic E-state index is 10.6. The fourth-order valence-electron chi connectivity index (χ4n) is 1.12. The minimum absolute atomic E-state index is 0.236. The third-order valence-electron chi connectivity index (χ3n) is 1.79. The molecule has 15 heavy (non-hydrogen) atoms. The van der Waals surface area contributed by atoms with Crippen molar-refractivity contribution in [1.29, 1.82) is 0 Å². The van der Waals surface area contributed by atoms with E-state index in [1.807, 2.05) is 0 Å². The van der Waals surface area contributed by atoms with Gasteiger partial charge in [0.15, 0.2) is 0 Å². The fraction of sp³-hybridized carbons (Fsp3) is 0.625. The molecule has 0 aliphatic rings. The van der Waals surface area contributed by atoms with Crippen LogP contribution in [-0.4, -0.2) is 52.1 Å². The molecule has 7 heteroatoms. The molecule has 0 radical (unpaired) electrons. The van der Waals surface area contributed by atoms with Crippen molar-refractivity contribution < 1.29 is 24.6 Å². The van der Waals surface area contributed by atoms with Gasteiger partial charge in [-0.05, 0) is 6.92 Å². The van der Waals surface area contributed by atoms with Gasteiger partial charge in [-0.3, -0.25) is 19.3 Å². The first-order chi connectivity index (χ1) is 6.82. The predicted octanol–water partition coefficient (Wildman–Crippen LogP) is -1.28. The Bertz CT molecular complexity index is 250. The molecule has 0 aromatic rings. The summed E-state index contributed by atoms with van der Waals surface area (Å²) in [4.78, 5) is 32.7. The Morgan fingerprint density at radius 1 is 1.20 bits per heavy atom. The van der Waals surface area contributed by atoms with Crippen LogP contribution in [0.2, 0.25) is 0 Å². The van der Waals surface area contributed by atoms with Crippen molar-refractivity contribution in [3.8, 4) is 0 Å². The first-order valence-corrected chi connectivity index (χ1v) is 4.29. The average Bonchev–Trinajstić information content (AvgIpc) is 1.99. The van der Waals surface area contributed by atoms with E-state index >= 15 is 0 Å². The molecular formula is C8H14N2O5. The average molecular weight is 218 g/mol. The molecule has 0 saturated carbocycles. The van der Waals surface area contributed by atoms with Crippen molar-refractivity contribution in [3.63, 3.8) is 0 Å². The van der Waals surface area contributed by atoms with Gasteiger partial charge in [0.1, 0.15) is 0 Å². The molecule has 0 aliphatic carbocycles. The van der Waals surface area contributed by atoms with Gasteiger partial charge in [0, 0.05) is 6.04 Å². The molecule has 0 bridgehead atoms. The van der Waals surface area contributed by atoms with Crippen LogP contribution in [0.1, 0.15) is 13.3 Å². The molecule has 0 saturated heterocycles. The molecule has 0 heterocycles. The van der Waals surface area contributed by atoms with E-state index in [2.05, 4.69) is 0 Å². The van der Waals surface area contributed by atoms with Crippen LogP contribution < -0.4 is 5.73 Å². The Morgan fingerprint density at radius 3 is 2.07 bits per heavy atom. The number of primary amides is 1. The largest absolute Gasteiger partial charge is 0.481 e. The summed E-state index contributed by atoms with van der Waals surface area (Å²) < 4.78 is 0. The van der Waals surface area contributed by atoms with Crippen LogP contribution in [0.15, 0.2) is 0 Å². The quantitative estimate of drug-likeness (QED) is 0.489. The van der Waals surface area contributed by atoms with E-state index in [1.54, 1.807) is 0 Å². The van der Waals surface area contributed by atoms with Gasteiger partial charge in [0.25, 0.3) is 0 Å². The molecule has 0 spiro atoms. The highest BCUT2D eigenvalue weighted by molar-refractivity contribution is 5.77. The Morgan fingerprint density at radius 2 is 1.73 bits per heavy atom. The number of hydrogen-bond acceptors (Lipinski definition) is 4.